The van der Waals surface area contributed by atoms with E-state index in [9.17, 15) is 14.8 Å². The molecule has 3 heterocycles. The number of hydrogen-bond donors (Lipinski definition) is 5. The summed E-state index contributed by atoms with van der Waals surface area (Å²) in [5.74, 6) is 0.602. The van der Waals surface area contributed by atoms with Gasteiger partial charge in [-0.2, -0.15) is 4.98 Å². The molecule has 11 nitrogen and oxygen atoms in total. The molecule has 4 atom stereocenters. The number of aliphatic hydroxyl groups is 2. The second-order valence-corrected chi connectivity index (χ2v) is 9.56. The van der Waals surface area contributed by atoms with Gasteiger partial charge in [0.25, 0.3) is 0 Å². The van der Waals surface area contributed by atoms with Crippen molar-refractivity contribution in [2.45, 2.75) is 56.3 Å². The van der Waals surface area contributed by atoms with Crippen LogP contribution in [0.1, 0.15) is 31.9 Å². The first-order valence-electron chi connectivity index (χ1n) is 9.67. The van der Waals surface area contributed by atoms with E-state index in [2.05, 4.69) is 15.3 Å². The van der Waals surface area contributed by atoms with Gasteiger partial charge in [0.05, 0.1) is 12.0 Å². The highest BCUT2D eigenvalue weighted by Crippen LogP contribution is 2.37. The first-order valence-corrected chi connectivity index (χ1v) is 11.8. The van der Waals surface area contributed by atoms with Gasteiger partial charge in [0.15, 0.2) is 6.23 Å². The first kappa shape index (κ1) is 21.9. The number of anilines is 1. The van der Waals surface area contributed by atoms with E-state index >= 15 is 0 Å². The van der Waals surface area contributed by atoms with Gasteiger partial charge in [0.1, 0.15) is 36.1 Å². The van der Waals surface area contributed by atoms with E-state index in [1.807, 2.05) is 0 Å². The average molecular weight is 463 g/mol. The van der Waals surface area contributed by atoms with Crippen LogP contribution < -0.4 is 5.32 Å². The smallest absolute Gasteiger partial charge is 0.350 e. The van der Waals surface area contributed by atoms with Gasteiger partial charge in [-0.1, -0.05) is 12.8 Å². The van der Waals surface area contributed by atoms with Crippen LogP contribution in [0.3, 0.4) is 0 Å². The number of nitrogens with zero attached hydrogens (tertiary/aromatic N) is 3. The van der Waals surface area contributed by atoms with Crippen LogP contribution in [-0.4, -0.2) is 71.8 Å². The monoisotopic (exact) mass is 462 g/mol. The summed E-state index contributed by atoms with van der Waals surface area (Å²) < 4.78 is 23.1. The summed E-state index contributed by atoms with van der Waals surface area (Å²) in [6.07, 6.45) is 0.725. The molecule has 0 spiro atoms. The number of halogens is 1. The number of aromatic nitrogens is 3. The van der Waals surface area contributed by atoms with Gasteiger partial charge in [-0.3, -0.25) is 4.57 Å². The number of rotatable bonds is 7. The molecule has 166 valence electrons. The van der Waals surface area contributed by atoms with Crippen LogP contribution in [0.25, 0.3) is 11.0 Å². The van der Waals surface area contributed by atoms with Crippen molar-refractivity contribution in [3.63, 3.8) is 0 Å². The maximum absolute atomic E-state index is 10.9. The largest absolute Gasteiger partial charge is 0.387 e. The topological polar surface area (TPSA) is 159 Å². The molecule has 0 aromatic carbocycles. The normalized spacial score (nSPS) is 27.9. The van der Waals surface area contributed by atoms with Gasteiger partial charge in [-0.15, -0.1) is 0 Å². The fourth-order valence-electron chi connectivity index (χ4n) is 3.97. The lowest BCUT2D eigenvalue weighted by atomic mass is 10.1. The number of nitrogens with one attached hydrogen (secondary N) is 1. The molecular formula is C17H24ClN4O7P. The lowest BCUT2D eigenvalue weighted by molar-refractivity contribution is -0.0610. The molecule has 1 saturated heterocycles. The summed E-state index contributed by atoms with van der Waals surface area (Å²) in [5.41, 5.74) is 0.434. The quantitative estimate of drug-likeness (QED) is 0.299. The SMILES string of the molecule is O=P(O)(O)COCC1O[C@@H](n2ccc3c(NC4CCCC4)nc(Cl)nc32)[C@H](O)[C@@H]1O. The molecular weight excluding hydrogens is 439 g/mol. The number of ether oxygens (including phenoxy) is 2. The van der Waals surface area contributed by atoms with Crippen molar-refractivity contribution in [2.75, 3.05) is 18.3 Å². The minimum absolute atomic E-state index is 0.0394. The maximum atomic E-state index is 10.9. The van der Waals surface area contributed by atoms with E-state index in [4.69, 9.17) is 30.9 Å². The predicted octanol–water partition coefficient (Wildman–Crippen LogP) is 1.21. The molecule has 0 radical (unpaired) electrons. The van der Waals surface area contributed by atoms with Crippen LogP contribution >= 0.6 is 19.2 Å². The maximum Gasteiger partial charge on any atom is 0.350 e. The van der Waals surface area contributed by atoms with Crippen LogP contribution in [0.4, 0.5) is 5.82 Å². The molecule has 0 amide bonds. The zero-order chi connectivity index (χ0) is 21.5. The second-order valence-electron chi connectivity index (χ2n) is 7.64. The van der Waals surface area contributed by atoms with Crippen LogP contribution in [0.5, 0.6) is 0 Å². The third kappa shape index (κ3) is 4.63. The highest BCUT2D eigenvalue weighted by molar-refractivity contribution is 7.51. The molecule has 4 rings (SSSR count). The van der Waals surface area contributed by atoms with Crippen molar-refractivity contribution in [2.24, 2.45) is 0 Å². The number of fused-ring (bicyclic) bond motifs is 1. The molecule has 0 bridgehead atoms. The number of aliphatic hydroxyl groups excluding tert-OH is 2. The highest BCUT2D eigenvalue weighted by atomic mass is 35.5. The van der Waals surface area contributed by atoms with E-state index in [0.717, 1.165) is 25.7 Å². The Kier molecular flexibility index (Phi) is 6.34. The molecule has 1 aliphatic heterocycles. The molecule has 30 heavy (non-hydrogen) atoms. The van der Waals surface area contributed by atoms with Gasteiger partial charge in [0, 0.05) is 12.2 Å². The van der Waals surface area contributed by atoms with Crippen LogP contribution in [-0.2, 0) is 14.0 Å². The lowest BCUT2D eigenvalue weighted by Gasteiger charge is -2.18. The van der Waals surface area contributed by atoms with Crippen LogP contribution in [0.15, 0.2) is 12.3 Å². The summed E-state index contributed by atoms with van der Waals surface area (Å²) >= 11 is 6.13. The van der Waals surface area contributed by atoms with E-state index in [1.165, 1.54) is 0 Å². The van der Waals surface area contributed by atoms with Crippen LogP contribution in [0, 0.1) is 0 Å². The molecule has 5 N–H and O–H groups in total. The first-order chi connectivity index (χ1) is 14.2. The Bertz CT molecular complexity index is 948. The van der Waals surface area contributed by atoms with Crippen molar-refractivity contribution in [3.8, 4) is 0 Å². The third-order valence-corrected chi connectivity index (χ3v) is 6.08. The van der Waals surface area contributed by atoms with E-state index in [0.29, 0.717) is 22.9 Å². The molecule has 1 unspecified atom stereocenters. The standard InChI is InChI=1S/C17H24ClN4O7P/c18-17-20-14(19-9-3-1-2-4-9)10-5-6-22(15(10)21-17)16-13(24)12(23)11(29-16)7-28-8-30(25,26)27/h5-6,9,11-13,16,23-24H,1-4,7-8H2,(H,19,20,21)(H2,25,26,27)/t11?,12-,13-,16-/m1/s1. The summed E-state index contributed by atoms with van der Waals surface area (Å²) in [6, 6.07) is 2.09. The molecule has 1 aliphatic carbocycles. The average Bonchev–Trinajstić information content (AvgIpc) is 3.37. The van der Waals surface area contributed by atoms with Gasteiger partial charge in [0.2, 0.25) is 5.28 Å². The van der Waals surface area contributed by atoms with Crippen molar-refractivity contribution in [3.05, 3.63) is 17.5 Å². The fraction of sp³-hybridized carbons (Fsp3) is 0.647. The van der Waals surface area contributed by atoms with Crippen molar-refractivity contribution in [1.82, 2.24) is 14.5 Å². The Morgan fingerprint density at radius 1 is 1.27 bits per heavy atom. The molecule has 13 heteroatoms. The van der Waals surface area contributed by atoms with Crippen molar-refractivity contribution in [1.29, 1.82) is 0 Å². The van der Waals surface area contributed by atoms with E-state index in [1.54, 1.807) is 16.8 Å². The Hall–Kier alpha value is -1.30. The fourth-order valence-corrected chi connectivity index (χ4v) is 4.48. The summed E-state index contributed by atoms with van der Waals surface area (Å²) in [4.78, 5) is 26.3. The minimum Gasteiger partial charge on any atom is -0.387 e. The van der Waals surface area contributed by atoms with E-state index < -0.39 is 38.5 Å². The Balaban J connectivity index is 1.55. The summed E-state index contributed by atoms with van der Waals surface area (Å²) in [6.45, 7) is -0.288. The molecule has 2 fully saturated rings. The zero-order valence-electron chi connectivity index (χ0n) is 16.0. The van der Waals surface area contributed by atoms with Gasteiger partial charge in [-0.05, 0) is 30.5 Å². The molecule has 2 aliphatic rings. The third-order valence-electron chi connectivity index (χ3n) is 5.39. The van der Waals surface area contributed by atoms with E-state index in [-0.39, 0.29) is 11.9 Å². The summed E-state index contributed by atoms with van der Waals surface area (Å²) in [5, 5.41) is 24.9. The number of hydrogen-bond acceptors (Lipinski definition) is 8. The Morgan fingerprint density at radius 2 is 2.00 bits per heavy atom. The highest BCUT2D eigenvalue weighted by Gasteiger charge is 2.44. The van der Waals surface area contributed by atoms with Crippen molar-refractivity contribution >= 4 is 36.0 Å². The Labute approximate surface area is 177 Å². The minimum atomic E-state index is -4.34. The molecule has 1 saturated carbocycles. The van der Waals surface area contributed by atoms with Gasteiger partial charge < -0.3 is 39.4 Å². The molecule has 2 aromatic rings. The lowest BCUT2D eigenvalue weighted by Crippen LogP contribution is -2.33. The Morgan fingerprint density at radius 3 is 2.70 bits per heavy atom. The molecule has 2 aromatic heterocycles. The van der Waals surface area contributed by atoms with Gasteiger partial charge >= 0.3 is 7.60 Å². The summed E-state index contributed by atoms with van der Waals surface area (Å²) in [7, 11) is -4.34. The second kappa shape index (κ2) is 8.68. The zero-order valence-corrected chi connectivity index (χ0v) is 17.6. The predicted molar refractivity (Wildman–Crippen MR) is 107 cm³/mol. The van der Waals surface area contributed by atoms with Gasteiger partial charge in [-0.25, -0.2) is 4.98 Å². The van der Waals surface area contributed by atoms with Crippen LogP contribution in [0.2, 0.25) is 5.28 Å². The van der Waals surface area contributed by atoms with Crippen molar-refractivity contribution < 1.29 is 34.0 Å².